The predicted molar refractivity (Wildman–Crippen MR) is 72.7 cm³/mol. The summed E-state index contributed by atoms with van der Waals surface area (Å²) in [5.74, 6) is 0. The smallest absolute Gasteiger partial charge is 0.323 e. The van der Waals surface area contributed by atoms with Crippen LogP contribution in [0.2, 0.25) is 0 Å². The number of hydrogen-bond donors (Lipinski definition) is 2. The number of nitrogens with zero attached hydrogens (tertiary/aromatic N) is 2. The van der Waals surface area contributed by atoms with E-state index >= 15 is 0 Å². The van der Waals surface area contributed by atoms with Crippen LogP contribution in [0.25, 0.3) is 0 Å². The van der Waals surface area contributed by atoms with Crippen LogP contribution in [0, 0.1) is 0 Å². The van der Waals surface area contributed by atoms with Gasteiger partial charge in [-0.05, 0) is 17.2 Å². The van der Waals surface area contributed by atoms with Gasteiger partial charge in [0, 0.05) is 14.1 Å². The summed E-state index contributed by atoms with van der Waals surface area (Å²) in [5, 5.41) is 11.5. The number of nitrogens with one attached hydrogen (secondary N) is 2. The fourth-order valence-corrected chi connectivity index (χ4v) is 1.08. The lowest BCUT2D eigenvalue weighted by Crippen LogP contribution is -2.16. The van der Waals surface area contributed by atoms with Crippen molar-refractivity contribution < 1.29 is 19.3 Å². The molecule has 8 nitrogen and oxygen atoms in total. The van der Waals surface area contributed by atoms with Crippen LogP contribution in [-0.4, -0.2) is 38.7 Å². The van der Waals surface area contributed by atoms with Crippen LogP contribution in [0.1, 0.15) is 11.1 Å². The van der Waals surface area contributed by atoms with Gasteiger partial charge in [-0.1, -0.05) is 28.5 Å². The van der Waals surface area contributed by atoms with Crippen LogP contribution >= 0.6 is 0 Å². The molecule has 0 aliphatic rings. The fraction of sp³-hybridized carbons (Fsp3) is 0.167. The fourth-order valence-electron chi connectivity index (χ4n) is 1.08. The zero-order chi connectivity index (χ0) is 14.8. The predicted octanol–water partition coefficient (Wildman–Crippen LogP) is 1.07. The molecule has 1 rings (SSSR count). The Labute approximate surface area is 115 Å². The molecule has 2 amide bonds. The average molecular weight is 278 g/mol. The highest BCUT2D eigenvalue weighted by Crippen LogP contribution is 2.01. The van der Waals surface area contributed by atoms with E-state index in [0.29, 0.717) is 11.1 Å². The Morgan fingerprint density at radius 3 is 1.85 bits per heavy atom. The molecule has 1 aromatic carbocycles. The van der Waals surface area contributed by atoms with Gasteiger partial charge in [0.25, 0.3) is 0 Å². The monoisotopic (exact) mass is 278 g/mol. The maximum atomic E-state index is 10.8. The summed E-state index contributed by atoms with van der Waals surface area (Å²) < 4.78 is 0. The maximum Gasteiger partial charge on any atom is 0.433 e. The van der Waals surface area contributed by atoms with Gasteiger partial charge in [-0.25, -0.2) is 9.59 Å². The standard InChI is InChI=1S/C12H14N4O4/c1-13-11(17)19-15-7-9-4-3-5-10(6-9)8-16-20-12(18)14-2/h3-8H,1-2H3,(H,13,17)(H,14,18). The van der Waals surface area contributed by atoms with Gasteiger partial charge in [0.05, 0.1) is 12.4 Å². The van der Waals surface area contributed by atoms with Crippen LogP contribution in [0.3, 0.4) is 0 Å². The van der Waals surface area contributed by atoms with E-state index in [1.165, 1.54) is 26.5 Å². The maximum absolute atomic E-state index is 10.8. The SMILES string of the molecule is CNC(=O)ON=Cc1cccc(C=NOC(=O)NC)c1. The zero-order valence-corrected chi connectivity index (χ0v) is 11.0. The Bertz CT molecular complexity index is 485. The molecule has 0 unspecified atom stereocenters. The van der Waals surface area contributed by atoms with E-state index < -0.39 is 12.2 Å². The topological polar surface area (TPSA) is 101 Å². The summed E-state index contributed by atoms with van der Waals surface area (Å²) in [5.41, 5.74) is 1.38. The number of amides is 2. The first-order chi connectivity index (χ1) is 9.65. The molecule has 0 heterocycles. The summed E-state index contributed by atoms with van der Waals surface area (Å²) in [6.07, 6.45) is 1.43. The van der Waals surface area contributed by atoms with Gasteiger partial charge in [0.2, 0.25) is 0 Å². The van der Waals surface area contributed by atoms with Crippen molar-refractivity contribution >= 4 is 24.6 Å². The Kier molecular flexibility index (Phi) is 6.25. The first kappa shape index (κ1) is 15.2. The van der Waals surface area contributed by atoms with Crippen molar-refractivity contribution in [1.29, 1.82) is 0 Å². The molecule has 0 atom stereocenters. The van der Waals surface area contributed by atoms with Gasteiger partial charge in [-0.3, -0.25) is 9.68 Å². The second-order valence-electron chi connectivity index (χ2n) is 3.40. The van der Waals surface area contributed by atoms with Crippen LogP contribution in [-0.2, 0) is 9.68 Å². The van der Waals surface area contributed by atoms with Crippen molar-refractivity contribution in [2.45, 2.75) is 0 Å². The molecule has 0 aliphatic carbocycles. The Balaban J connectivity index is 2.61. The van der Waals surface area contributed by atoms with E-state index in [1.54, 1.807) is 24.3 Å². The molecule has 0 aromatic heterocycles. The minimum absolute atomic E-state index is 0.655. The van der Waals surface area contributed by atoms with E-state index in [9.17, 15) is 9.59 Å². The molecule has 0 spiro atoms. The van der Waals surface area contributed by atoms with Gasteiger partial charge in [0.1, 0.15) is 0 Å². The summed E-state index contributed by atoms with van der Waals surface area (Å²) in [6.45, 7) is 0. The van der Waals surface area contributed by atoms with Gasteiger partial charge >= 0.3 is 12.2 Å². The third-order valence-electron chi connectivity index (χ3n) is 1.99. The lowest BCUT2D eigenvalue weighted by molar-refractivity contribution is 0.153. The molecular formula is C12H14N4O4. The Hall–Kier alpha value is -2.90. The molecule has 2 N–H and O–H groups in total. The van der Waals surface area contributed by atoms with Crippen molar-refractivity contribution in [1.82, 2.24) is 10.6 Å². The van der Waals surface area contributed by atoms with E-state index in [0.717, 1.165) is 0 Å². The molecule has 20 heavy (non-hydrogen) atoms. The van der Waals surface area contributed by atoms with Gasteiger partial charge in [-0.15, -0.1) is 0 Å². The lowest BCUT2D eigenvalue weighted by Gasteiger charge is -1.97. The summed E-state index contributed by atoms with van der Waals surface area (Å²) >= 11 is 0. The molecule has 1 aromatic rings. The highest BCUT2D eigenvalue weighted by atomic mass is 16.7. The van der Waals surface area contributed by atoms with E-state index in [4.69, 9.17) is 0 Å². The minimum Gasteiger partial charge on any atom is -0.323 e. The van der Waals surface area contributed by atoms with E-state index in [1.807, 2.05) is 0 Å². The molecular weight excluding hydrogens is 264 g/mol. The number of carbonyl (C=O) groups excluding carboxylic acids is 2. The number of carbonyl (C=O) groups is 2. The molecule has 0 bridgehead atoms. The number of oxime groups is 2. The highest BCUT2D eigenvalue weighted by molar-refractivity contribution is 5.86. The Morgan fingerprint density at radius 2 is 1.45 bits per heavy atom. The Morgan fingerprint density at radius 1 is 1.00 bits per heavy atom. The highest BCUT2D eigenvalue weighted by Gasteiger charge is 1.96. The van der Waals surface area contributed by atoms with Gasteiger partial charge in [-0.2, -0.15) is 0 Å². The second-order valence-corrected chi connectivity index (χ2v) is 3.40. The number of hydrogen-bond acceptors (Lipinski definition) is 6. The summed E-state index contributed by atoms with van der Waals surface area (Å²) in [6, 6.07) is 6.98. The van der Waals surface area contributed by atoms with Crippen LogP contribution < -0.4 is 10.6 Å². The average Bonchev–Trinajstić information content (AvgIpc) is 2.47. The third kappa shape index (κ3) is 5.63. The molecule has 0 radical (unpaired) electrons. The van der Waals surface area contributed by atoms with E-state index in [2.05, 4.69) is 30.6 Å². The number of benzene rings is 1. The third-order valence-corrected chi connectivity index (χ3v) is 1.99. The lowest BCUT2D eigenvalue weighted by atomic mass is 10.1. The zero-order valence-electron chi connectivity index (χ0n) is 11.0. The van der Waals surface area contributed by atoms with Gasteiger partial charge in [0.15, 0.2) is 0 Å². The number of rotatable bonds is 4. The first-order valence-electron chi connectivity index (χ1n) is 5.60. The van der Waals surface area contributed by atoms with E-state index in [-0.39, 0.29) is 0 Å². The molecule has 0 saturated carbocycles. The molecule has 0 saturated heterocycles. The quantitative estimate of drug-likeness (QED) is 0.488. The van der Waals surface area contributed by atoms with Crippen molar-refractivity contribution in [3.05, 3.63) is 35.4 Å². The molecule has 0 aliphatic heterocycles. The van der Waals surface area contributed by atoms with Crippen molar-refractivity contribution in [3.8, 4) is 0 Å². The largest absolute Gasteiger partial charge is 0.433 e. The second kappa shape index (κ2) is 8.25. The van der Waals surface area contributed by atoms with Crippen LogP contribution in [0.4, 0.5) is 9.59 Å². The molecule has 0 fully saturated rings. The minimum atomic E-state index is -0.655. The van der Waals surface area contributed by atoms with Crippen molar-refractivity contribution in [2.75, 3.05) is 14.1 Å². The van der Waals surface area contributed by atoms with Crippen LogP contribution in [0.15, 0.2) is 34.6 Å². The molecule has 106 valence electrons. The van der Waals surface area contributed by atoms with Gasteiger partial charge < -0.3 is 10.6 Å². The normalized spacial score (nSPS) is 10.5. The summed E-state index contributed by atoms with van der Waals surface area (Å²) in [7, 11) is 2.86. The van der Waals surface area contributed by atoms with Crippen molar-refractivity contribution in [3.63, 3.8) is 0 Å². The van der Waals surface area contributed by atoms with Crippen LogP contribution in [0.5, 0.6) is 0 Å². The van der Waals surface area contributed by atoms with Crippen molar-refractivity contribution in [2.24, 2.45) is 10.3 Å². The summed E-state index contributed by atoms with van der Waals surface area (Å²) in [4.78, 5) is 30.5. The molecule has 8 heteroatoms. The first-order valence-corrected chi connectivity index (χ1v) is 5.60.